The Morgan fingerprint density at radius 2 is 2.20 bits per heavy atom. The van der Waals surface area contributed by atoms with Crippen LogP contribution in [-0.4, -0.2) is 4.57 Å². The molecule has 0 spiro atoms. The van der Waals surface area contributed by atoms with Crippen LogP contribution in [0.5, 0.6) is 0 Å². The number of nitrogens with zero attached hydrogens (tertiary/aromatic N) is 1. The van der Waals surface area contributed by atoms with E-state index in [9.17, 15) is 0 Å². The molecule has 0 fully saturated rings. The minimum atomic E-state index is 0.858. The first-order chi connectivity index (χ1) is 7.33. The van der Waals surface area contributed by atoms with Crippen molar-refractivity contribution in [1.29, 1.82) is 0 Å². The van der Waals surface area contributed by atoms with Crippen LogP contribution in [0.15, 0.2) is 43.1 Å². The summed E-state index contributed by atoms with van der Waals surface area (Å²) in [6.45, 7) is 4.73. The number of hydrogen-bond acceptors (Lipinski definition) is 1. The highest BCUT2D eigenvalue weighted by Gasteiger charge is 2.02. The molecular formula is C13H16N2. The number of benzene rings is 1. The molecule has 0 aliphatic carbocycles. The van der Waals surface area contributed by atoms with Gasteiger partial charge < -0.3 is 10.3 Å². The van der Waals surface area contributed by atoms with Gasteiger partial charge in [-0.25, -0.2) is 0 Å². The molecule has 1 aromatic heterocycles. The van der Waals surface area contributed by atoms with Crippen molar-refractivity contribution in [2.45, 2.75) is 19.4 Å². The Bertz CT molecular complexity index is 468. The fraction of sp³-hybridized carbons (Fsp3) is 0.231. The number of fused-ring (bicyclic) bond motifs is 1. The van der Waals surface area contributed by atoms with Gasteiger partial charge in [0.25, 0.3) is 0 Å². The summed E-state index contributed by atoms with van der Waals surface area (Å²) >= 11 is 0. The number of para-hydroxylation sites is 1. The molecule has 0 radical (unpaired) electrons. The fourth-order valence-corrected chi connectivity index (χ4v) is 1.88. The molecule has 0 bridgehead atoms. The van der Waals surface area contributed by atoms with Crippen molar-refractivity contribution >= 4 is 16.6 Å². The van der Waals surface area contributed by atoms with Crippen molar-refractivity contribution < 1.29 is 0 Å². The average Bonchev–Trinajstić information content (AvgIpc) is 2.63. The van der Waals surface area contributed by atoms with Crippen LogP contribution in [-0.2, 0) is 6.54 Å². The van der Waals surface area contributed by atoms with Gasteiger partial charge in [0.2, 0.25) is 0 Å². The van der Waals surface area contributed by atoms with Gasteiger partial charge in [0.05, 0.1) is 11.2 Å². The van der Waals surface area contributed by atoms with E-state index in [1.165, 1.54) is 5.39 Å². The van der Waals surface area contributed by atoms with Crippen molar-refractivity contribution in [2.75, 3.05) is 5.73 Å². The Kier molecular flexibility index (Phi) is 2.77. The zero-order chi connectivity index (χ0) is 10.7. The second kappa shape index (κ2) is 4.22. The van der Waals surface area contributed by atoms with Gasteiger partial charge in [0.15, 0.2) is 0 Å². The Morgan fingerprint density at radius 3 is 3.00 bits per heavy atom. The van der Waals surface area contributed by atoms with E-state index in [4.69, 9.17) is 5.73 Å². The molecule has 1 aromatic carbocycles. The minimum absolute atomic E-state index is 0.858. The summed E-state index contributed by atoms with van der Waals surface area (Å²) in [5, 5.41) is 1.22. The molecule has 2 nitrogen and oxygen atoms in total. The Labute approximate surface area is 90.0 Å². The molecule has 0 atom stereocenters. The van der Waals surface area contributed by atoms with Crippen molar-refractivity contribution in [3.8, 4) is 0 Å². The molecule has 2 aromatic rings. The lowest BCUT2D eigenvalue weighted by Crippen LogP contribution is -1.98. The lowest BCUT2D eigenvalue weighted by molar-refractivity contribution is 0.671. The third-order valence-corrected chi connectivity index (χ3v) is 2.63. The molecule has 0 amide bonds. The highest BCUT2D eigenvalue weighted by atomic mass is 15.0. The summed E-state index contributed by atoms with van der Waals surface area (Å²) in [5.41, 5.74) is 7.98. The topological polar surface area (TPSA) is 30.9 Å². The van der Waals surface area contributed by atoms with Gasteiger partial charge in [0.1, 0.15) is 0 Å². The van der Waals surface area contributed by atoms with Gasteiger partial charge in [-0.15, -0.1) is 6.58 Å². The van der Waals surface area contributed by atoms with Gasteiger partial charge in [0, 0.05) is 18.1 Å². The molecular weight excluding hydrogens is 184 g/mol. The highest BCUT2D eigenvalue weighted by Crippen LogP contribution is 2.22. The number of rotatable bonds is 4. The summed E-state index contributed by atoms with van der Waals surface area (Å²) in [5.74, 6) is 0. The maximum atomic E-state index is 5.96. The Morgan fingerprint density at radius 1 is 1.33 bits per heavy atom. The van der Waals surface area contributed by atoms with Crippen LogP contribution in [0.4, 0.5) is 5.69 Å². The Balaban J connectivity index is 2.31. The van der Waals surface area contributed by atoms with Crippen LogP contribution < -0.4 is 5.73 Å². The van der Waals surface area contributed by atoms with Crippen LogP contribution in [0.2, 0.25) is 0 Å². The van der Waals surface area contributed by atoms with Crippen LogP contribution in [0.3, 0.4) is 0 Å². The first-order valence-corrected chi connectivity index (χ1v) is 5.27. The van der Waals surface area contributed by atoms with Crippen LogP contribution >= 0.6 is 0 Å². The standard InChI is InChI=1S/C13H16N2/c1-2-3-4-9-15-10-8-11-6-5-7-12(14)13(11)15/h2,5-8,10H,1,3-4,9,14H2. The van der Waals surface area contributed by atoms with E-state index >= 15 is 0 Å². The molecule has 0 aliphatic heterocycles. The lowest BCUT2D eigenvalue weighted by atomic mass is 10.2. The molecule has 0 saturated carbocycles. The van der Waals surface area contributed by atoms with Crippen molar-refractivity contribution in [2.24, 2.45) is 0 Å². The molecule has 1 heterocycles. The minimum Gasteiger partial charge on any atom is -0.397 e. The number of nitrogen functional groups attached to an aromatic ring is 1. The predicted octanol–water partition coefficient (Wildman–Crippen LogP) is 3.19. The highest BCUT2D eigenvalue weighted by molar-refractivity contribution is 5.90. The number of nitrogens with two attached hydrogens (primary N) is 1. The third kappa shape index (κ3) is 1.89. The largest absolute Gasteiger partial charge is 0.397 e. The quantitative estimate of drug-likeness (QED) is 0.458. The van der Waals surface area contributed by atoms with E-state index in [1.807, 2.05) is 18.2 Å². The molecule has 78 valence electrons. The van der Waals surface area contributed by atoms with Gasteiger partial charge in [-0.2, -0.15) is 0 Å². The molecule has 0 unspecified atom stereocenters. The summed E-state index contributed by atoms with van der Waals surface area (Å²) < 4.78 is 2.22. The van der Waals surface area contributed by atoms with Gasteiger partial charge in [-0.05, 0) is 25.0 Å². The van der Waals surface area contributed by atoms with Crippen LogP contribution in [0.25, 0.3) is 10.9 Å². The van der Waals surface area contributed by atoms with E-state index in [0.717, 1.165) is 30.6 Å². The molecule has 15 heavy (non-hydrogen) atoms. The number of aryl methyl sites for hydroxylation is 1. The van der Waals surface area contributed by atoms with Crippen molar-refractivity contribution in [3.63, 3.8) is 0 Å². The van der Waals surface area contributed by atoms with Crippen molar-refractivity contribution in [3.05, 3.63) is 43.1 Å². The van der Waals surface area contributed by atoms with Gasteiger partial charge in [-0.3, -0.25) is 0 Å². The monoisotopic (exact) mass is 200 g/mol. The second-order valence-electron chi connectivity index (χ2n) is 3.73. The molecule has 2 rings (SSSR count). The number of allylic oxidation sites excluding steroid dienone is 1. The van der Waals surface area contributed by atoms with E-state index in [1.54, 1.807) is 0 Å². The van der Waals surface area contributed by atoms with E-state index in [0.29, 0.717) is 0 Å². The van der Waals surface area contributed by atoms with Crippen molar-refractivity contribution in [1.82, 2.24) is 4.57 Å². The maximum absolute atomic E-state index is 5.96. The Hall–Kier alpha value is -1.70. The number of anilines is 1. The van der Waals surface area contributed by atoms with E-state index in [-0.39, 0.29) is 0 Å². The zero-order valence-electron chi connectivity index (χ0n) is 8.82. The van der Waals surface area contributed by atoms with Gasteiger partial charge >= 0.3 is 0 Å². The maximum Gasteiger partial charge on any atom is 0.0713 e. The summed E-state index contributed by atoms with van der Waals surface area (Å²) in [7, 11) is 0. The first kappa shape index (κ1) is 9.84. The molecule has 2 N–H and O–H groups in total. The number of hydrogen-bond donors (Lipinski definition) is 1. The average molecular weight is 200 g/mol. The summed E-state index contributed by atoms with van der Waals surface area (Å²) in [6, 6.07) is 8.15. The molecule has 0 aliphatic rings. The molecule has 2 heteroatoms. The normalized spacial score (nSPS) is 10.7. The first-order valence-electron chi connectivity index (χ1n) is 5.27. The SMILES string of the molecule is C=CCCCn1ccc2cccc(N)c21. The smallest absolute Gasteiger partial charge is 0.0713 e. The van der Waals surface area contributed by atoms with Gasteiger partial charge in [-0.1, -0.05) is 18.2 Å². The number of aromatic nitrogens is 1. The molecule has 0 saturated heterocycles. The summed E-state index contributed by atoms with van der Waals surface area (Å²) in [4.78, 5) is 0. The summed E-state index contributed by atoms with van der Waals surface area (Å²) in [6.07, 6.45) is 6.22. The predicted molar refractivity (Wildman–Crippen MR) is 65.8 cm³/mol. The zero-order valence-corrected chi connectivity index (χ0v) is 8.82. The van der Waals surface area contributed by atoms with Crippen LogP contribution in [0.1, 0.15) is 12.8 Å². The van der Waals surface area contributed by atoms with Crippen LogP contribution in [0, 0.1) is 0 Å². The third-order valence-electron chi connectivity index (χ3n) is 2.63. The lowest BCUT2D eigenvalue weighted by Gasteiger charge is -2.06. The van der Waals surface area contributed by atoms with E-state index in [2.05, 4.69) is 29.5 Å². The van der Waals surface area contributed by atoms with E-state index < -0.39 is 0 Å². The second-order valence-corrected chi connectivity index (χ2v) is 3.73. The fourth-order valence-electron chi connectivity index (χ4n) is 1.88. The number of unbranched alkanes of at least 4 members (excludes halogenated alkanes) is 1.